The molecular weight excluding hydrogens is 471 g/mol. The minimum absolute atomic E-state index is 0.183. The Labute approximate surface area is 190 Å². The second-order valence-electron chi connectivity index (χ2n) is 6.91. The first kappa shape index (κ1) is 22.7. The molecule has 1 amide bonds. The van der Waals surface area contributed by atoms with Crippen LogP contribution in [0, 0.1) is 15.9 Å². The molecule has 0 unspecified atom stereocenters. The van der Waals surface area contributed by atoms with Gasteiger partial charge in [-0.2, -0.15) is 12.5 Å². The van der Waals surface area contributed by atoms with Crippen LogP contribution in [-0.4, -0.2) is 35.3 Å². The number of hydrogen-bond donors (Lipinski definition) is 1. The first-order valence-corrected chi connectivity index (χ1v) is 11.0. The maximum Gasteiger partial charge on any atom is 0.349 e. The summed E-state index contributed by atoms with van der Waals surface area (Å²) in [4.78, 5) is 36.0. The topological polar surface area (TPSA) is 143 Å². The Morgan fingerprint density at radius 2 is 1.82 bits per heavy atom. The Kier molecular flexibility index (Phi) is 5.63. The molecule has 1 aromatic heterocycles. The number of halogens is 1. The van der Waals surface area contributed by atoms with Crippen LogP contribution >= 0.6 is 0 Å². The van der Waals surface area contributed by atoms with Gasteiger partial charge in [0.05, 0.1) is 33.5 Å². The molecule has 3 aromatic carbocycles. The van der Waals surface area contributed by atoms with Crippen LogP contribution in [0.5, 0.6) is 5.75 Å². The molecule has 174 valence electrons. The quantitative estimate of drug-likeness (QED) is 0.337. The fourth-order valence-corrected chi connectivity index (χ4v) is 4.79. The number of amides is 1. The number of hydrogen-bond acceptors (Lipinski definition) is 7. The van der Waals surface area contributed by atoms with Gasteiger partial charge in [0.1, 0.15) is 11.6 Å². The fourth-order valence-electron chi connectivity index (χ4n) is 3.28. The fraction of sp³-hybridized carbons (Fsp3) is 0.0476. The van der Waals surface area contributed by atoms with Gasteiger partial charge in [0.15, 0.2) is 0 Å². The number of rotatable bonds is 5. The van der Waals surface area contributed by atoms with E-state index in [1.54, 1.807) is 0 Å². The maximum absolute atomic E-state index is 14.1. The molecule has 13 heteroatoms. The van der Waals surface area contributed by atoms with Gasteiger partial charge in [-0.3, -0.25) is 14.9 Å². The van der Waals surface area contributed by atoms with Gasteiger partial charge in [0.2, 0.25) is 0 Å². The van der Waals surface area contributed by atoms with E-state index in [9.17, 15) is 32.5 Å². The summed E-state index contributed by atoms with van der Waals surface area (Å²) in [5, 5.41) is 13.1. The van der Waals surface area contributed by atoms with Crippen LogP contribution in [0.1, 0.15) is 0 Å². The van der Waals surface area contributed by atoms with Crippen molar-refractivity contribution in [2.45, 2.75) is 4.90 Å². The zero-order chi connectivity index (χ0) is 24.6. The molecule has 0 saturated carbocycles. The summed E-state index contributed by atoms with van der Waals surface area (Å²) in [5.74, 6) is -0.592. The molecule has 0 atom stereocenters. The first-order valence-electron chi connectivity index (χ1n) is 9.53. The molecule has 0 aliphatic carbocycles. The molecule has 1 N–H and O–H groups in total. The molecule has 1 heterocycles. The second-order valence-corrected chi connectivity index (χ2v) is 8.68. The van der Waals surface area contributed by atoms with Gasteiger partial charge in [-0.05, 0) is 36.4 Å². The number of carbonyl (C=O) groups is 1. The summed E-state index contributed by atoms with van der Waals surface area (Å²) >= 11 is 0. The minimum Gasteiger partial charge on any atom is -0.497 e. The van der Waals surface area contributed by atoms with Crippen LogP contribution in [0.25, 0.3) is 10.9 Å². The summed E-state index contributed by atoms with van der Waals surface area (Å²) in [6, 6.07) is 11.8. The monoisotopic (exact) mass is 486 g/mol. The standard InChI is InChI=1S/C21H15FN4O7S/c1-33-14-9-10-19-16(12-14)20(27)24(21(28)23-18-8-3-2-7-17(18)22)25(19)34(31,32)15-6-4-5-13(11-15)26(29)30/h2-12H,1H3,(H,23,28). The van der Waals surface area contributed by atoms with Crippen molar-refractivity contribution < 1.29 is 27.3 Å². The molecule has 0 fully saturated rings. The number of para-hydroxylation sites is 1. The predicted octanol–water partition coefficient (Wildman–Crippen LogP) is 3.18. The summed E-state index contributed by atoms with van der Waals surface area (Å²) in [6.45, 7) is 0. The average molecular weight is 486 g/mol. The van der Waals surface area contributed by atoms with Crippen LogP contribution in [0.15, 0.2) is 76.4 Å². The Balaban J connectivity index is 1.99. The van der Waals surface area contributed by atoms with Crippen LogP contribution in [-0.2, 0) is 10.0 Å². The summed E-state index contributed by atoms with van der Waals surface area (Å²) < 4.78 is 46.9. The van der Waals surface area contributed by atoms with Gasteiger partial charge in [-0.15, -0.1) is 4.68 Å². The number of anilines is 1. The van der Waals surface area contributed by atoms with E-state index < -0.39 is 42.9 Å². The third-order valence-electron chi connectivity index (χ3n) is 4.88. The number of nitro groups is 1. The predicted molar refractivity (Wildman–Crippen MR) is 119 cm³/mol. The third-order valence-corrected chi connectivity index (χ3v) is 6.54. The highest BCUT2D eigenvalue weighted by Gasteiger charge is 2.30. The number of ether oxygens (including phenoxy) is 1. The highest BCUT2D eigenvalue weighted by molar-refractivity contribution is 7.90. The zero-order valence-electron chi connectivity index (χ0n) is 17.3. The lowest BCUT2D eigenvalue weighted by Crippen LogP contribution is -2.36. The van der Waals surface area contributed by atoms with Gasteiger partial charge < -0.3 is 10.1 Å². The Hall–Kier alpha value is -4.52. The third kappa shape index (κ3) is 3.77. The lowest BCUT2D eigenvalue weighted by atomic mass is 10.2. The lowest BCUT2D eigenvalue weighted by Gasteiger charge is -2.13. The molecule has 0 saturated heterocycles. The van der Waals surface area contributed by atoms with E-state index in [0.29, 0.717) is 4.09 Å². The number of benzene rings is 3. The molecule has 0 bridgehead atoms. The lowest BCUT2D eigenvalue weighted by molar-refractivity contribution is -0.385. The normalized spacial score (nSPS) is 11.4. The number of nitrogens with one attached hydrogen (secondary N) is 1. The van der Waals surface area contributed by atoms with Crippen LogP contribution < -0.4 is 15.6 Å². The van der Waals surface area contributed by atoms with Gasteiger partial charge in [-0.1, -0.05) is 18.2 Å². The number of nitro benzene ring substituents is 1. The Morgan fingerprint density at radius 1 is 1.09 bits per heavy atom. The minimum atomic E-state index is -4.72. The van der Waals surface area contributed by atoms with Crippen molar-refractivity contribution >= 4 is 38.3 Å². The van der Waals surface area contributed by atoms with Crippen molar-refractivity contribution in [1.29, 1.82) is 0 Å². The van der Waals surface area contributed by atoms with Crippen LogP contribution in [0.3, 0.4) is 0 Å². The van der Waals surface area contributed by atoms with E-state index in [2.05, 4.69) is 5.32 Å². The van der Waals surface area contributed by atoms with Crippen LogP contribution in [0.4, 0.5) is 20.6 Å². The van der Waals surface area contributed by atoms with E-state index in [0.717, 1.165) is 30.3 Å². The van der Waals surface area contributed by atoms with Gasteiger partial charge in [-0.25, -0.2) is 9.18 Å². The molecule has 0 radical (unpaired) electrons. The highest BCUT2D eigenvalue weighted by atomic mass is 32.2. The molecule has 34 heavy (non-hydrogen) atoms. The number of fused-ring (bicyclic) bond motifs is 1. The van der Waals surface area contributed by atoms with Crippen molar-refractivity contribution in [3.63, 3.8) is 0 Å². The van der Waals surface area contributed by atoms with Crippen molar-refractivity contribution in [1.82, 2.24) is 8.77 Å². The van der Waals surface area contributed by atoms with E-state index in [1.165, 1.54) is 43.5 Å². The smallest absolute Gasteiger partial charge is 0.349 e. The molecule has 4 rings (SSSR count). The van der Waals surface area contributed by atoms with Crippen molar-refractivity contribution in [2.75, 3.05) is 12.4 Å². The van der Waals surface area contributed by atoms with E-state index >= 15 is 0 Å². The SMILES string of the molecule is COc1ccc2c(c1)c(=O)n(C(=O)Nc1ccccc1F)n2S(=O)(=O)c1cccc([N+](=O)[O-])c1. The zero-order valence-corrected chi connectivity index (χ0v) is 18.2. The number of aromatic nitrogens is 2. The first-order chi connectivity index (χ1) is 16.1. The van der Waals surface area contributed by atoms with E-state index in [-0.39, 0.29) is 27.0 Å². The maximum atomic E-state index is 14.1. The summed E-state index contributed by atoms with van der Waals surface area (Å²) in [6.07, 6.45) is 0. The average Bonchev–Trinajstić information content (AvgIpc) is 3.13. The van der Waals surface area contributed by atoms with E-state index in [1.807, 2.05) is 0 Å². The second kappa shape index (κ2) is 8.44. The van der Waals surface area contributed by atoms with Gasteiger partial charge >= 0.3 is 6.03 Å². The van der Waals surface area contributed by atoms with Crippen LogP contribution in [0.2, 0.25) is 0 Å². The Morgan fingerprint density at radius 3 is 2.50 bits per heavy atom. The number of methoxy groups -OCH3 is 1. The highest BCUT2D eigenvalue weighted by Crippen LogP contribution is 2.25. The summed E-state index contributed by atoms with van der Waals surface area (Å²) in [7, 11) is -3.38. The molecule has 11 nitrogen and oxygen atoms in total. The van der Waals surface area contributed by atoms with Crippen molar-refractivity contribution in [2.24, 2.45) is 0 Å². The molecular formula is C21H15FN4O7S. The molecule has 0 aliphatic rings. The van der Waals surface area contributed by atoms with Crippen molar-refractivity contribution in [3.05, 3.63) is 93.0 Å². The van der Waals surface area contributed by atoms with Gasteiger partial charge in [0.25, 0.3) is 21.3 Å². The largest absolute Gasteiger partial charge is 0.497 e. The molecule has 4 aromatic rings. The Bertz CT molecular complexity index is 1630. The van der Waals surface area contributed by atoms with E-state index in [4.69, 9.17) is 4.74 Å². The van der Waals surface area contributed by atoms with Gasteiger partial charge in [0, 0.05) is 12.1 Å². The summed E-state index contributed by atoms with van der Waals surface area (Å²) in [5.41, 5.74) is -2.02. The molecule has 0 spiro atoms. The number of nitrogens with zero attached hydrogens (tertiary/aromatic N) is 3. The number of carbonyl (C=O) groups excluding carboxylic acids is 1. The molecule has 0 aliphatic heterocycles. The number of non-ortho nitro benzene ring substituents is 1. The van der Waals surface area contributed by atoms with Crippen molar-refractivity contribution in [3.8, 4) is 5.75 Å².